The standard InChI is InChI=1S/C24H41N7OS/c1-19-15-20(2)18-31(17-19)22-16-21(30-8-5-3-4-6-9-30)26-23(27-22)28-24(33)25-7-10-29-11-13-32-14-12-29/h16,19-20H,3-15,17-18H2,1-2H3,(H2,25,26,27,28,33)/t19-,20-/m0/s1. The van der Waals surface area contributed by atoms with Crippen LogP contribution in [-0.4, -0.2) is 85.6 Å². The molecule has 33 heavy (non-hydrogen) atoms. The molecule has 9 heteroatoms. The number of rotatable bonds is 6. The van der Waals surface area contributed by atoms with E-state index in [1.165, 1.54) is 32.1 Å². The predicted octanol–water partition coefficient (Wildman–Crippen LogP) is 2.96. The zero-order valence-corrected chi connectivity index (χ0v) is 21.2. The molecule has 3 fully saturated rings. The molecule has 0 bridgehead atoms. The van der Waals surface area contributed by atoms with Crippen molar-refractivity contribution in [3.05, 3.63) is 6.07 Å². The van der Waals surface area contributed by atoms with Gasteiger partial charge in [0.1, 0.15) is 11.6 Å². The molecule has 0 saturated carbocycles. The van der Waals surface area contributed by atoms with E-state index in [4.69, 9.17) is 26.9 Å². The van der Waals surface area contributed by atoms with Crippen molar-refractivity contribution in [2.24, 2.45) is 11.8 Å². The third-order valence-electron chi connectivity index (χ3n) is 6.86. The average molecular weight is 476 g/mol. The second-order valence-corrected chi connectivity index (χ2v) is 10.4. The van der Waals surface area contributed by atoms with Gasteiger partial charge in [0.25, 0.3) is 0 Å². The molecule has 0 aliphatic carbocycles. The lowest BCUT2D eigenvalue weighted by molar-refractivity contribution is 0.0389. The Bertz CT molecular complexity index is 755. The van der Waals surface area contributed by atoms with Gasteiger partial charge in [0, 0.05) is 58.4 Å². The summed E-state index contributed by atoms with van der Waals surface area (Å²) in [6, 6.07) is 2.19. The number of nitrogens with zero attached hydrogens (tertiary/aromatic N) is 5. The number of nitrogens with one attached hydrogen (secondary N) is 2. The Morgan fingerprint density at radius 1 is 0.970 bits per heavy atom. The van der Waals surface area contributed by atoms with Crippen molar-refractivity contribution in [2.45, 2.75) is 46.0 Å². The Morgan fingerprint density at radius 2 is 1.61 bits per heavy atom. The molecule has 3 aliphatic rings. The summed E-state index contributed by atoms with van der Waals surface area (Å²) in [5.41, 5.74) is 0. The van der Waals surface area contributed by atoms with Crippen LogP contribution in [0.2, 0.25) is 0 Å². The summed E-state index contributed by atoms with van der Waals surface area (Å²) in [5.74, 6) is 3.98. The van der Waals surface area contributed by atoms with Gasteiger partial charge in [-0.3, -0.25) is 4.90 Å². The Kier molecular flexibility index (Phi) is 8.97. The fraction of sp³-hybridized carbons (Fsp3) is 0.792. The third-order valence-corrected chi connectivity index (χ3v) is 7.11. The van der Waals surface area contributed by atoms with Crippen molar-refractivity contribution in [1.29, 1.82) is 0 Å². The highest BCUT2D eigenvalue weighted by atomic mass is 32.1. The van der Waals surface area contributed by atoms with Crippen molar-refractivity contribution in [2.75, 3.05) is 80.7 Å². The third kappa shape index (κ3) is 7.39. The van der Waals surface area contributed by atoms with Crippen LogP contribution in [0.1, 0.15) is 46.0 Å². The highest BCUT2D eigenvalue weighted by molar-refractivity contribution is 7.80. The van der Waals surface area contributed by atoms with Crippen LogP contribution in [0.3, 0.4) is 0 Å². The topological polar surface area (TPSA) is 68.8 Å². The zero-order valence-electron chi connectivity index (χ0n) is 20.4. The second-order valence-electron chi connectivity index (χ2n) is 10.00. The minimum Gasteiger partial charge on any atom is -0.379 e. The largest absolute Gasteiger partial charge is 0.379 e. The molecule has 184 valence electrons. The van der Waals surface area contributed by atoms with Gasteiger partial charge in [-0.2, -0.15) is 9.97 Å². The first-order chi connectivity index (χ1) is 16.1. The van der Waals surface area contributed by atoms with Gasteiger partial charge in [-0.25, -0.2) is 0 Å². The van der Waals surface area contributed by atoms with Crippen LogP contribution in [0.5, 0.6) is 0 Å². The number of morpholine rings is 1. The van der Waals surface area contributed by atoms with Gasteiger partial charge in [0.05, 0.1) is 13.2 Å². The Morgan fingerprint density at radius 3 is 2.27 bits per heavy atom. The predicted molar refractivity (Wildman–Crippen MR) is 139 cm³/mol. The average Bonchev–Trinajstić information content (AvgIpc) is 3.09. The molecule has 2 N–H and O–H groups in total. The fourth-order valence-corrected chi connectivity index (χ4v) is 5.44. The monoisotopic (exact) mass is 475 g/mol. The Balaban J connectivity index is 1.44. The molecule has 4 heterocycles. The first-order valence-electron chi connectivity index (χ1n) is 12.8. The quantitative estimate of drug-likeness (QED) is 0.604. The van der Waals surface area contributed by atoms with Crippen LogP contribution in [0.25, 0.3) is 0 Å². The molecule has 2 atom stereocenters. The van der Waals surface area contributed by atoms with Crippen LogP contribution in [0.15, 0.2) is 6.07 Å². The summed E-state index contributed by atoms with van der Waals surface area (Å²) in [7, 11) is 0. The number of piperidine rings is 1. The van der Waals surface area contributed by atoms with Crippen molar-refractivity contribution in [1.82, 2.24) is 20.2 Å². The van der Waals surface area contributed by atoms with Crippen LogP contribution >= 0.6 is 12.2 Å². The van der Waals surface area contributed by atoms with Gasteiger partial charge in [0.15, 0.2) is 5.11 Å². The van der Waals surface area contributed by atoms with Crippen molar-refractivity contribution >= 4 is 34.9 Å². The van der Waals surface area contributed by atoms with Crippen LogP contribution in [-0.2, 0) is 4.74 Å². The lowest BCUT2D eigenvalue weighted by Gasteiger charge is -2.36. The molecule has 0 radical (unpaired) electrons. The first-order valence-corrected chi connectivity index (χ1v) is 13.2. The van der Waals surface area contributed by atoms with Crippen molar-refractivity contribution < 1.29 is 4.74 Å². The van der Waals surface area contributed by atoms with Crippen molar-refractivity contribution in [3.8, 4) is 0 Å². The van der Waals surface area contributed by atoms with E-state index in [-0.39, 0.29) is 0 Å². The molecule has 0 unspecified atom stereocenters. The lowest BCUT2D eigenvalue weighted by atomic mass is 9.92. The normalized spacial score (nSPS) is 24.9. The number of thiocarbonyl (C=S) groups is 1. The molecule has 8 nitrogen and oxygen atoms in total. The molecule has 3 aliphatic heterocycles. The Labute approximate surface area is 204 Å². The number of aromatic nitrogens is 2. The summed E-state index contributed by atoms with van der Waals surface area (Å²) in [6.07, 6.45) is 6.33. The minimum atomic E-state index is 0.586. The maximum atomic E-state index is 5.59. The SMILES string of the molecule is C[C@H]1C[C@H](C)CN(c2cc(N3CCCCCC3)nc(NC(=S)NCCN3CCOCC3)n2)C1. The van der Waals surface area contributed by atoms with Crippen LogP contribution < -0.4 is 20.4 Å². The smallest absolute Gasteiger partial charge is 0.232 e. The molecule has 0 amide bonds. The Hall–Kier alpha value is -1.71. The van der Waals surface area contributed by atoms with Crippen LogP contribution in [0, 0.1) is 11.8 Å². The molecule has 0 aromatic carbocycles. The summed E-state index contributed by atoms with van der Waals surface area (Å²) in [4.78, 5) is 17.1. The molecule has 0 spiro atoms. The maximum Gasteiger partial charge on any atom is 0.232 e. The van der Waals surface area contributed by atoms with Gasteiger partial charge >= 0.3 is 0 Å². The van der Waals surface area contributed by atoms with Crippen LogP contribution in [0.4, 0.5) is 17.6 Å². The van der Waals surface area contributed by atoms with Gasteiger partial charge in [-0.15, -0.1) is 0 Å². The molecule has 1 aromatic rings. The molecular weight excluding hydrogens is 434 g/mol. The highest BCUT2D eigenvalue weighted by Crippen LogP contribution is 2.29. The van der Waals surface area contributed by atoms with E-state index in [9.17, 15) is 0 Å². The van der Waals surface area contributed by atoms with E-state index in [0.29, 0.717) is 22.9 Å². The van der Waals surface area contributed by atoms with Gasteiger partial charge in [-0.05, 0) is 43.3 Å². The van der Waals surface area contributed by atoms with E-state index in [1.54, 1.807) is 0 Å². The summed E-state index contributed by atoms with van der Waals surface area (Å²) in [6.45, 7) is 14.2. The van der Waals surface area contributed by atoms with Gasteiger partial charge < -0.3 is 25.2 Å². The zero-order chi connectivity index (χ0) is 23.0. The first kappa shape index (κ1) is 24.4. The van der Waals surface area contributed by atoms with Crippen molar-refractivity contribution in [3.63, 3.8) is 0 Å². The molecular formula is C24H41N7OS. The minimum absolute atomic E-state index is 0.586. The number of anilines is 3. The number of hydrogen-bond acceptors (Lipinski definition) is 7. The second kappa shape index (κ2) is 12.1. The summed E-state index contributed by atoms with van der Waals surface area (Å²) in [5, 5.41) is 7.20. The molecule has 1 aromatic heterocycles. The summed E-state index contributed by atoms with van der Waals surface area (Å²) >= 11 is 5.59. The number of hydrogen-bond donors (Lipinski definition) is 2. The van der Waals surface area contributed by atoms with E-state index in [2.05, 4.69) is 45.2 Å². The van der Waals surface area contributed by atoms with Gasteiger partial charge in [0.2, 0.25) is 5.95 Å². The van der Waals surface area contributed by atoms with E-state index in [0.717, 1.165) is 77.2 Å². The van der Waals surface area contributed by atoms with E-state index < -0.39 is 0 Å². The molecule has 4 rings (SSSR count). The molecule has 3 saturated heterocycles. The van der Waals surface area contributed by atoms with E-state index >= 15 is 0 Å². The summed E-state index contributed by atoms with van der Waals surface area (Å²) < 4.78 is 5.42. The fourth-order valence-electron chi connectivity index (χ4n) is 5.25. The lowest BCUT2D eigenvalue weighted by Crippen LogP contribution is -2.42. The highest BCUT2D eigenvalue weighted by Gasteiger charge is 2.25. The maximum absolute atomic E-state index is 5.59. The number of ether oxygens (including phenoxy) is 1. The van der Waals surface area contributed by atoms with Gasteiger partial charge in [-0.1, -0.05) is 26.7 Å². The van der Waals surface area contributed by atoms with E-state index in [1.807, 2.05) is 0 Å².